The van der Waals surface area contributed by atoms with Crippen molar-refractivity contribution >= 4 is 27.6 Å². The molecule has 0 unspecified atom stereocenters. The number of hydrogen-bond acceptors (Lipinski definition) is 1. The van der Waals surface area contributed by atoms with Crippen molar-refractivity contribution in [3.63, 3.8) is 0 Å². The molecule has 0 atom stereocenters. The molecule has 0 saturated heterocycles. The van der Waals surface area contributed by atoms with E-state index in [1.54, 1.807) is 25.3 Å². The smallest absolute Gasteiger partial charge is 0.216 e. The first-order valence-corrected chi connectivity index (χ1v) is 11.8. The summed E-state index contributed by atoms with van der Waals surface area (Å²) in [6.07, 6.45) is -1.86. The lowest BCUT2D eigenvalue weighted by molar-refractivity contribution is -0.666. The quantitative estimate of drug-likeness (QED) is 0.194. The predicted molar refractivity (Wildman–Crippen MR) is 145 cm³/mol. The maximum Gasteiger partial charge on any atom is 0.216 e. The Morgan fingerprint density at radius 1 is 0.943 bits per heavy atom. The van der Waals surface area contributed by atoms with Gasteiger partial charge in [-0.05, 0) is 42.8 Å². The summed E-state index contributed by atoms with van der Waals surface area (Å²) in [4.78, 5) is 3.79. The second kappa shape index (κ2) is 8.71. The molecule has 0 saturated carbocycles. The highest BCUT2D eigenvalue weighted by atomic mass is 16.3. The van der Waals surface area contributed by atoms with Gasteiger partial charge in [0.05, 0.1) is 14.9 Å². The standard InChI is InChI=1S/C32H31N2O/c1-19(2)16-23-17-22(5)34(7)28(18-23)29-21(4)10-13-25-26-14-15-27(33-6)30(32(26)35-31(25)29)24-11-8-20(3)9-12-24/h8-15,17-19H,16H2,1-5,7H3/q+1/i16D2,17D,18D. The summed E-state index contributed by atoms with van der Waals surface area (Å²) >= 11 is 0. The van der Waals surface area contributed by atoms with E-state index >= 15 is 0 Å². The highest BCUT2D eigenvalue weighted by molar-refractivity contribution is 6.15. The molecule has 174 valence electrons. The van der Waals surface area contributed by atoms with Gasteiger partial charge >= 0.3 is 0 Å². The fourth-order valence-electron chi connectivity index (χ4n) is 4.64. The predicted octanol–water partition coefficient (Wildman–Crippen LogP) is 8.42. The third-order valence-electron chi connectivity index (χ3n) is 6.51. The second-order valence-electron chi connectivity index (χ2n) is 9.47. The lowest BCUT2D eigenvalue weighted by Crippen LogP contribution is -2.35. The minimum Gasteiger partial charge on any atom is -0.456 e. The van der Waals surface area contributed by atoms with Crippen molar-refractivity contribution in [2.24, 2.45) is 13.0 Å². The van der Waals surface area contributed by atoms with Gasteiger partial charge in [-0.1, -0.05) is 67.9 Å². The van der Waals surface area contributed by atoms with Gasteiger partial charge in [0.1, 0.15) is 18.2 Å². The van der Waals surface area contributed by atoms with Crippen LogP contribution in [-0.2, 0) is 13.4 Å². The van der Waals surface area contributed by atoms with E-state index < -0.39 is 12.3 Å². The van der Waals surface area contributed by atoms with Crippen molar-refractivity contribution in [1.29, 1.82) is 0 Å². The Balaban J connectivity index is 1.93. The Labute approximate surface area is 213 Å². The van der Waals surface area contributed by atoms with E-state index in [4.69, 9.17) is 15.1 Å². The number of nitrogens with zero attached hydrogens (tertiary/aromatic N) is 2. The molecule has 0 N–H and O–H groups in total. The van der Waals surface area contributed by atoms with Crippen LogP contribution in [0.15, 0.2) is 65.0 Å². The Morgan fingerprint density at radius 2 is 1.60 bits per heavy atom. The first kappa shape index (κ1) is 18.4. The van der Waals surface area contributed by atoms with Crippen LogP contribution in [-0.4, -0.2) is 0 Å². The summed E-state index contributed by atoms with van der Waals surface area (Å²) in [5.74, 6) is -0.419. The molecule has 5 aromatic rings. The molecule has 0 spiro atoms. The highest BCUT2D eigenvalue weighted by Crippen LogP contribution is 2.44. The summed E-state index contributed by atoms with van der Waals surface area (Å²) in [6.45, 7) is 17.1. The summed E-state index contributed by atoms with van der Waals surface area (Å²) < 4.78 is 44.0. The molecule has 3 heteroatoms. The summed E-state index contributed by atoms with van der Waals surface area (Å²) in [5, 5.41) is 1.73. The van der Waals surface area contributed by atoms with E-state index in [1.165, 1.54) is 0 Å². The normalized spacial score (nSPS) is 13.5. The van der Waals surface area contributed by atoms with Crippen LogP contribution >= 0.6 is 0 Å². The number of benzene rings is 3. The molecule has 0 bridgehead atoms. The number of aromatic nitrogens is 1. The van der Waals surface area contributed by atoms with Crippen molar-refractivity contribution < 1.29 is 14.5 Å². The van der Waals surface area contributed by atoms with E-state index in [1.807, 2.05) is 69.4 Å². The van der Waals surface area contributed by atoms with Crippen LogP contribution in [0.1, 0.15) is 41.7 Å². The maximum atomic E-state index is 9.22. The van der Waals surface area contributed by atoms with Gasteiger partial charge in [0, 0.05) is 38.1 Å². The Bertz CT molecular complexity index is 1830. The minimum atomic E-state index is -1.86. The van der Waals surface area contributed by atoms with Crippen molar-refractivity contribution in [3.8, 4) is 22.4 Å². The van der Waals surface area contributed by atoms with Crippen molar-refractivity contribution in [3.05, 3.63) is 94.4 Å². The molecule has 2 heterocycles. The first-order chi connectivity index (χ1) is 18.4. The molecule has 3 nitrogen and oxygen atoms in total. The molecule has 35 heavy (non-hydrogen) atoms. The molecule has 0 aliphatic carbocycles. The number of furan rings is 1. The monoisotopic (exact) mass is 463 g/mol. The van der Waals surface area contributed by atoms with Crippen LogP contribution < -0.4 is 4.57 Å². The number of rotatable bonds is 4. The average Bonchev–Trinajstić information content (AvgIpc) is 3.27. The van der Waals surface area contributed by atoms with Crippen molar-refractivity contribution in [2.75, 3.05) is 0 Å². The third kappa shape index (κ3) is 3.90. The van der Waals surface area contributed by atoms with Crippen LogP contribution in [0.5, 0.6) is 0 Å². The summed E-state index contributed by atoms with van der Waals surface area (Å²) in [7, 11) is 1.81. The van der Waals surface area contributed by atoms with Crippen LogP contribution in [0.4, 0.5) is 5.69 Å². The van der Waals surface area contributed by atoms with E-state index in [0.717, 1.165) is 33.0 Å². The molecule has 0 aliphatic heterocycles. The fraction of sp³-hybridized carbons (Fsp3) is 0.250. The average molecular weight is 464 g/mol. The summed E-state index contributed by atoms with van der Waals surface area (Å²) in [5.41, 5.74) is 7.17. The van der Waals surface area contributed by atoms with Crippen molar-refractivity contribution in [2.45, 2.75) is 41.0 Å². The minimum absolute atomic E-state index is 0.0107. The molecule has 0 radical (unpaired) electrons. The van der Waals surface area contributed by atoms with Gasteiger partial charge < -0.3 is 4.42 Å². The van der Waals surface area contributed by atoms with Gasteiger partial charge in [-0.3, -0.25) is 0 Å². The highest BCUT2D eigenvalue weighted by Gasteiger charge is 2.24. The number of hydrogen-bond donors (Lipinski definition) is 0. The fourth-order valence-corrected chi connectivity index (χ4v) is 4.64. The largest absolute Gasteiger partial charge is 0.456 e. The summed E-state index contributed by atoms with van der Waals surface area (Å²) in [6, 6.07) is 15.8. The molecule has 5 rings (SSSR count). The van der Waals surface area contributed by atoms with Crippen LogP contribution in [0, 0.1) is 33.3 Å². The SMILES string of the molecule is [2H]c1c(C([2H])([2H])C(C)C)c([2H])c(-c2c(C)ccc3c2oc2c(-c4ccc(C)cc4)c([N+]#[C-])ccc23)[n+](C)c1C. The first-order valence-electron chi connectivity index (χ1n) is 13.8. The Morgan fingerprint density at radius 3 is 2.26 bits per heavy atom. The van der Waals surface area contributed by atoms with E-state index in [0.29, 0.717) is 33.8 Å². The van der Waals surface area contributed by atoms with Crippen molar-refractivity contribution in [1.82, 2.24) is 0 Å². The molecule has 0 amide bonds. The van der Waals surface area contributed by atoms with E-state index in [2.05, 4.69) is 4.85 Å². The molecule has 2 aromatic heterocycles. The second-order valence-corrected chi connectivity index (χ2v) is 9.47. The molecule has 0 fully saturated rings. The number of aryl methyl sites for hydroxylation is 2. The Hall–Kier alpha value is -3.90. The zero-order chi connectivity index (χ0) is 28.4. The van der Waals surface area contributed by atoms with Gasteiger partial charge in [-0.15, -0.1) is 0 Å². The van der Waals surface area contributed by atoms with E-state index in [9.17, 15) is 1.37 Å². The van der Waals surface area contributed by atoms with Gasteiger partial charge in [-0.25, -0.2) is 4.85 Å². The molecule has 0 aliphatic rings. The molecular weight excluding hydrogens is 428 g/mol. The van der Waals surface area contributed by atoms with Gasteiger partial charge in [0.25, 0.3) is 0 Å². The maximum absolute atomic E-state index is 9.22. The van der Waals surface area contributed by atoms with Crippen LogP contribution in [0.2, 0.25) is 0 Å². The molecular formula is C32H31N2O+. The Kier molecular flexibility index (Phi) is 4.59. The zero-order valence-electron chi connectivity index (χ0n) is 25.0. The lowest BCUT2D eigenvalue weighted by Gasteiger charge is -2.11. The van der Waals surface area contributed by atoms with Gasteiger partial charge in [0.2, 0.25) is 5.69 Å². The van der Waals surface area contributed by atoms with Crippen LogP contribution in [0.3, 0.4) is 0 Å². The third-order valence-corrected chi connectivity index (χ3v) is 6.51. The van der Waals surface area contributed by atoms with Gasteiger partial charge in [0.15, 0.2) is 11.4 Å². The molecule has 3 aromatic carbocycles. The van der Waals surface area contributed by atoms with Crippen LogP contribution in [0.25, 0.3) is 49.2 Å². The van der Waals surface area contributed by atoms with Gasteiger partial charge in [-0.2, -0.15) is 4.57 Å². The lowest BCUT2D eigenvalue weighted by atomic mass is 9.96. The number of pyridine rings is 1. The zero-order valence-corrected chi connectivity index (χ0v) is 21.0. The van der Waals surface area contributed by atoms with E-state index in [-0.39, 0.29) is 17.6 Å². The number of fused-ring (bicyclic) bond motifs is 3. The topological polar surface area (TPSA) is 21.4 Å².